The van der Waals surface area contributed by atoms with Crippen LogP contribution in [0.4, 0.5) is 5.69 Å². The summed E-state index contributed by atoms with van der Waals surface area (Å²) in [5.41, 5.74) is 8.60. The molecule has 0 radical (unpaired) electrons. The van der Waals surface area contributed by atoms with Gasteiger partial charge >= 0.3 is 0 Å². The lowest BCUT2D eigenvalue weighted by Gasteiger charge is -2.08. The van der Waals surface area contributed by atoms with Crippen molar-refractivity contribution in [1.82, 2.24) is 14.5 Å². The first-order valence-electron chi connectivity index (χ1n) is 5.67. The average Bonchev–Trinajstić information content (AvgIpc) is 3.00. The number of thiophene rings is 1. The zero-order valence-corrected chi connectivity index (χ0v) is 12.4. The SMILES string of the molecule is Nc1ccncc1-c1cncn1Cc1cc(Br)cs1. The maximum Gasteiger partial charge on any atom is 0.0954 e. The minimum absolute atomic E-state index is 0.712. The molecule has 3 aromatic heterocycles. The molecule has 2 N–H and O–H groups in total. The van der Waals surface area contributed by atoms with Gasteiger partial charge in [-0.1, -0.05) is 0 Å². The summed E-state index contributed by atoms with van der Waals surface area (Å²) >= 11 is 5.18. The molecule has 3 rings (SSSR count). The van der Waals surface area contributed by atoms with Gasteiger partial charge in [-0.15, -0.1) is 11.3 Å². The predicted molar refractivity (Wildman–Crippen MR) is 81.0 cm³/mol. The number of nitrogens with zero attached hydrogens (tertiary/aromatic N) is 3. The van der Waals surface area contributed by atoms with Crippen molar-refractivity contribution >= 4 is 33.0 Å². The van der Waals surface area contributed by atoms with E-state index < -0.39 is 0 Å². The standard InChI is InChI=1S/C13H11BrN4S/c14-9-3-10(19-7-9)6-18-8-17-5-13(18)11-4-16-2-1-12(11)15/h1-5,7-8H,6H2,(H2,15,16). The Morgan fingerprint density at radius 1 is 1.32 bits per heavy atom. The number of nitrogens with two attached hydrogens (primary N) is 1. The first kappa shape index (κ1) is 12.4. The van der Waals surface area contributed by atoms with Crippen molar-refractivity contribution in [3.8, 4) is 11.3 Å². The number of rotatable bonds is 3. The Morgan fingerprint density at radius 3 is 2.95 bits per heavy atom. The maximum absolute atomic E-state index is 5.99. The van der Waals surface area contributed by atoms with Gasteiger partial charge < -0.3 is 10.3 Å². The van der Waals surface area contributed by atoms with Crippen molar-refractivity contribution in [2.45, 2.75) is 6.54 Å². The molecule has 0 atom stereocenters. The fourth-order valence-corrected chi connectivity index (χ4v) is 3.34. The van der Waals surface area contributed by atoms with Crippen LogP contribution in [-0.2, 0) is 6.54 Å². The number of nitrogen functional groups attached to an aromatic ring is 1. The fraction of sp³-hybridized carbons (Fsp3) is 0.0769. The van der Waals surface area contributed by atoms with Gasteiger partial charge in [0, 0.05) is 38.4 Å². The summed E-state index contributed by atoms with van der Waals surface area (Å²) in [5, 5.41) is 2.07. The van der Waals surface area contributed by atoms with E-state index in [-0.39, 0.29) is 0 Å². The van der Waals surface area contributed by atoms with Crippen molar-refractivity contribution in [3.05, 3.63) is 51.8 Å². The molecule has 0 aromatic carbocycles. The number of halogens is 1. The fourth-order valence-electron chi connectivity index (χ4n) is 1.89. The van der Waals surface area contributed by atoms with Gasteiger partial charge in [0.15, 0.2) is 0 Å². The maximum atomic E-state index is 5.99. The summed E-state index contributed by atoms with van der Waals surface area (Å²) < 4.78 is 3.18. The lowest BCUT2D eigenvalue weighted by atomic mass is 10.2. The first-order valence-corrected chi connectivity index (χ1v) is 7.34. The minimum atomic E-state index is 0.712. The lowest BCUT2D eigenvalue weighted by molar-refractivity contribution is 0.817. The van der Waals surface area contributed by atoms with Crippen LogP contribution in [-0.4, -0.2) is 14.5 Å². The summed E-state index contributed by atoms with van der Waals surface area (Å²) in [6.07, 6.45) is 7.09. The largest absolute Gasteiger partial charge is 0.398 e. The number of imidazole rings is 1. The van der Waals surface area contributed by atoms with Crippen LogP contribution in [0.1, 0.15) is 4.88 Å². The quantitative estimate of drug-likeness (QED) is 0.798. The molecule has 0 fully saturated rings. The van der Waals surface area contributed by atoms with Crippen molar-refractivity contribution in [1.29, 1.82) is 0 Å². The minimum Gasteiger partial charge on any atom is -0.398 e. The number of hydrogen-bond acceptors (Lipinski definition) is 4. The van der Waals surface area contributed by atoms with Crippen molar-refractivity contribution in [3.63, 3.8) is 0 Å². The van der Waals surface area contributed by atoms with Crippen molar-refractivity contribution < 1.29 is 0 Å². The molecule has 19 heavy (non-hydrogen) atoms. The number of aromatic nitrogens is 3. The van der Waals surface area contributed by atoms with Gasteiger partial charge in [-0.25, -0.2) is 4.98 Å². The lowest BCUT2D eigenvalue weighted by Crippen LogP contribution is -2.00. The summed E-state index contributed by atoms with van der Waals surface area (Å²) in [7, 11) is 0. The predicted octanol–water partition coefficient (Wildman–Crippen LogP) is 3.40. The second-order valence-corrected chi connectivity index (χ2v) is 6.01. The summed E-state index contributed by atoms with van der Waals surface area (Å²) in [4.78, 5) is 9.60. The first-order chi connectivity index (χ1) is 9.24. The summed E-state index contributed by atoms with van der Waals surface area (Å²) in [5.74, 6) is 0. The zero-order valence-electron chi connectivity index (χ0n) is 9.95. The third kappa shape index (κ3) is 2.54. The smallest absolute Gasteiger partial charge is 0.0954 e. The molecular weight excluding hydrogens is 324 g/mol. The van der Waals surface area contributed by atoms with Crippen LogP contribution in [0.15, 0.2) is 46.9 Å². The number of hydrogen-bond donors (Lipinski definition) is 1. The van der Waals surface area contributed by atoms with Gasteiger partial charge in [0.2, 0.25) is 0 Å². The van der Waals surface area contributed by atoms with E-state index in [0.717, 1.165) is 22.3 Å². The van der Waals surface area contributed by atoms with E-state index in [1.54, 1.807) is 29.8 Å². The molecule has 0 aliphatic carbocycles. The summed E-state index contributed by atoms with van der Waals surface area (Å²) in [6.45, 7) is 0.778. The Morgan fingerprint density at radius 2 is 2.21 bits per heavy atom. The van der Waals surface area contributed by atoms with E-state index in [1.807, 2.05) is 12.5 Å². The van der Waals surface area contributed by atoms with E-state index >= 15 is 0 Å². The highest BCUT2D eigenvalue weighted by molar-refractivity contribution is 9.10. The van der Waals surface area contributed by atoms with Crippen LogP contribution in [0, 0.1) is 0 Å². The van der Waals surface area contributed by atoms with Gasteiger partial charge in [-0.2, -0.15) is 0 Å². The molecule has 0 saturated carbocycles. The van der Waals surface area contributed by atoms with E-state index in [2.05, 4.69) is 41.9 Å². The molecule has 0 amide bonds. The Bertz CT molecular complexity index is 704. The molecule has 96 valence electrons. The molecule has 0 unspecified atom stereocenters. The van der Waals surface area contributed by atoms with Crippen LogP contribution < -0.4 is 5.73 Å². The molecule has 6 heteroatoms. The topological polar surface area (TPSA) is 56.7 Å². The molecule has 3 heterocycles. The Kier molecular flexibility index (Phi) is 3.35. The monoisotopic (exact) mass is 334 g/mol. The highest BCUT2D eigenvalue weighted by Crippen LogP contribution is 2.26. The van der Waals surface area contributed by atoms with E-state index in [9.17, 15) is 0 Å². The van der Waals surface area contributed by atoms with Crippen molar-refractivity contribution in [2.24, 2.45) is 0 Å². The van der Waals surface area contributed by atoms with Gasteiger partial charge in [-0.05, 0) is 28.1 Å². The van der Waals surface area contributed by atoms with Crippen molar-refractivity contribution in [2.75, 3.05) is 5.73 Å². The Balaban J connectivity index is 1.97. The molecular formula is C13H11BrN4S. The van der Waals surface area contributed by atoms with E-state index in [4.69, 9.17) is 5.73 Å². The molecule has 3 aromatic rings. The van der Waals surface area contributed by atoms with Crippen LogP contribution in [0.3, 0.4) is 0 Å². The summed E-state index contributed by atoms with van der Waals surface area (Å²) in [6, 6.07) is 3.91. The molecule has 0 spiro atoms. The zero-order chi connectivity index (χ0) is 13.2. The highest BCUT2D eigenvalue weighted by Gasteiger charge is 2.09. The van der Waals surface area contributed by atoms with E-state index in [0.29, 0.717) is 5.69 Å². The highest BCUT2D eigenvalue weighted by atomic mass is 79.9. The van der Waals surface area contributed by atoms with Gasteiger partial charge in [-0.3, -0.25) is 4.98 Å². The third-order valence-electron chi connectivity index (χ3n) is 2.79. The van der Waals surface area contributed by atoms with Crippen LogP contribution in [0.25, 0.3) is 11.3 Å². The van der Waals surface area contributed by atoms with Crippen LogP contribution in [0.5, 0.6) is 0 Å². The third-order valence-corrected chi connectivity index (χ3v) is 4.47. The number of anilines is 1. The number of pyridine rings is 1. The van der Waals surface area contributed by atoms with Gasteiger partial charge in [0.05, 0.1) is 24.8 Å². The Labute approximate surface area is 123 Å². The van der Waals surface area contributed by atoms with E-state index in [1.165, 1.54) is 4.88 Å². The molecule has 0 aliphatic rings. The Hall–Kier alpha value is -1.66. The average molecular weight is 335 g/mol. The van der Waals surface area contributed by atoms with Gasteiger partial charge in [0.1, 0.15) is 0 Å². The molecule has 0 bridgehead atoms. The second-order valence-electron chi connectivity index (χ2n) is 4.10. The van der Waals surface area contributed by atoms with Crippen LogP contribution >= 0.6 is 27.3 Å². The van der Waals surface area contributed by atoms with Crippen LogP contribution in [0.2, 0.25) is 0 Å². The second kappa shape index (κ2) is 5.14. The molecule has 0 aliphatic heterocycles. The molecule has 4 nitrogen and oxygen atoms in total. The molecule has 0 saturated heterocycles. The van der Waals surface area contributed by atoms with Gasteiger partial charge in [0.25, 0.3) is 0 Å². The normalized spacial score (nSPS) is 10.8.